The SMILES string of the molecule is Nn1c(-n2cc3c(=O)[nH]c(=O)[nH]c3n2)n[nH]c1=S. The summed E-state index contributed by atoms with van der Waals surface area (Å²) in [6, 6.07) is 0. The second-order valence-electron chi connectivity index (χ2n) is 3.44. The molecule has 0 aliphatic carbocycles. The monoisotopic (exact) mass is 266 g/mol. The first kappa shape index (κ1) is 10.5. The molecule has 92 valence electrons. The third-order valence-corrected chi connectivity index (χ3v) is 2.60. The van der Waals surface area contributed by atoms with Gasteiger partial charge in [-0.25, -0.2) is 14.6 Å². The van der Waals surface area contributed by atoms with Crippen molar-refractivity contribution >= 4 is 23.3 Å². The fraction of sp³-hybridized carbons (Fsp3) is 0. The lowest BCUT2D eigenvalue weighted by molar-refractivity contribution is 0.774. The second-order valence-corrected chi connectivity index (χ2v) is 3.83. The summed E-state index contributed by atoms with van der Waals surface area (Å²) in [6.07, 6.45) is 1.39. The smallest absolute Gasteiger partial charge is 0.327 e. The minimum Gasteiger partial charge on any atom is -0.334 e. The van der Waals surface area contributed by atoms with Gasteiger partial charge in [-0.15, -0.1) is 10.2 Å². The van der Waals surface area contributed by atoms with Crippen LogP contribution in [-0.2, 0) is 0 Å². The molecule has 0 spiro atoms. The van der Waals surface area contributed by atoms with Crippen LogP contribution in [0.25, 0.3) is 17.0 Å². The number of aromatic amines is 3. The average molecular weight is 266 g/mol. The first-order valence-corrected chi connectivity index (χ1v) is 5.12. The van der Waals surface area contributed by atoms with E-state index in [0.717, 1.165) is 4.68 Å². The van der Waals surface area contributed by atoms with Crippen LogP contribution < -0.4 is 17.1 Å². The summed E-state index contributed by atoms with van der Waals surface area (Å²) in [5.41, 5.74) is -1.04. The molecular formula is C7H6N8O2S. The van der Waals surface area contributed by atoms with Crippen LogP contribution in [0.15, 0.2) is 15.8 Å². The van der Waals surface area contributed by atoms with Gasteiger partial charge in [0.05, 0.1) is 0 Å². The minimum absolute atomic E-state index is 0.137. The molecule has 0 radical (unpaired) electrons. The van der Waals surface area contributed by atoms with Gasteiger partial charge in [-0.05, 0) is 12.2 Å². The molecule has 0 saturated heterocycles. The van der Waals surface area contributed by atoms with Gasteiger partial charge in [0.15, 0.2) is 5.65 Å². The first-order valence-electron chi connectivity index (χ1n) is 4.71. The van der Waals surface area contributed by atoms with Crippen molar-refractivity contribution in [2.24, 2.45) is 0 Å². The third kappa shape index (κ3) is 1.37. The Labute approximate surface area is 102 Å². The van der Waals surface area contributed by atoms with Crippen molar-refractivity contribution in [3.63, 3.8) is 0 Å². The zero-order valence-electron chi connectivity index (χ0n) is 8.67. The largest absolute Gasteiger partial charge is 0.334 e. The number of nitrogens with zero attached hydrogens (tertiary/aromatic N) is 4. The van der Waals surface area contributed by atoms with Crippen LogP contribution in [0.2, 0.25) is 0 Å². The summed E-state index contributed by atoms with van der Waals surface area (Å²) in [5, 5.41) is 10.5. The number of nitrogens with two attached hydrogens (primary N) is 1. The van der Waals surface area contributed by atoms with E-state index in [1.54, 1.807) is 0 Å². The van der Waals surface area contributed by atoms with E-state index in [0.29, 0.717) is 0 Å². The van der Waals surface area contributed by atoms with Gasteiger partial charge in [0.25, 0.3) is 11.5 Å². The summed E-state index contributed by atoms with van der Waals surface area (Å²) in [6.45, 7) is 0. The molecule has 0 fully saturated rings. The lowest BCUT2D eigenvalue weighted by Gasteiger charge is -1.97. The van der Waals surface area contributed by atoms with Gasteiger partial charge in [-0.3, -0.25) is 14.8 Å². The van der Waals surface area contributed by atoms with Crippen molar-refractivity contribution in [3.05, 3.63) is 31.8 Å². The van der Waals surface area contributed by atoms with Crippen molar-refractivity contribution < 1.29 is 0 Å². The van der Waals surface area contributed by atoms with Crippen LogP contribution in [0, 0.1) is 4.77 Å². The van der Waals surface area contributed by atoms with Crippen LogP contribution in [0.5, 0.6) is 0 Å². The average Bonchev–Trinajstić information content (AvgIpc) is 2.84. The molecule has 0 amide bonds. The predicted molar refractivity (Wildman–Crippen MR) is 63.4 cm³/mol. The minimum atomic E-state index is -0.635. The molecular weight excluding hydrogens is 260 g/mol. The number of fused-ring (bicyclic) bond motifs is 1. The van der Waals surface area contributed by atoms with Gasteiger partial charge in [0, 0.05) is 6.20 Å². The number of hydrogen-bond acceptors (Lipinski definition) is 6. The molecule has 3 aromatic rings. The van der Waals surface area contributed by atoms with Gasteiger partial charge in [0.1, 0.15) is 5.39 Å². The third-order valence-electron chi connectivity index (χ3n) is 2.31. The van der Waals surface area contributed by atoms with Gasteiger partial charge >= 0.3 is 5.69 Å². The first-order chi connectivity index (χ1) is 8.56. The highest BCUT2D eigenvalue weighted by Crippen LogP contribution is 2.06. The van der Waals surface area contributed by atoms with Crippen LogP contribution in [0.3, 0.4) is 0 Å². The summed E-state index contributed by atoms with van der Waals surface area (Å²) in [7, 11) is 0. The van der Waals surface area contributed by atoms with Crippen molar-refractivity contribution in [1.82, 2.24) is 34.6 Å². The molecule has 3 aromatic heterocycles. The predicted octanol–water partition coefficient (Wildman–Crippen LogP) is -1.63. The summed E-state index contributed by atoms with van der Waals surface area (Å²) >= 11 is 4.85. The fourth-order valence-corrected chi connectivity index (χ4v) is 1.63. The molecule has 11 heteroatoms. The van der Waals surface area contributed by atoms with E-state index in [4.69, 9.17) is 18.1 Å². The van der Waals surface area contributed by atoms with Crippen LogP contribution in [-0.4, -0.2) is 34.6 Å². The number of aromatic nitrogens is 7. The van der Waals surface area contributed by atoms with Crippen LogP contribution in [0.1, 0.15) is 0 Å². The highest BCUT2D eigenvalue weighted by Gasteiger charge is 2.11. The molecule has 3 heterocycles. The second kappa shape index (κ2) is 3.40. The quantitative estimate of drug-likeness (QED) is 0.307. The maximum atomic E-state index is 11.5. The molecule has 18 heavy (non-hydrogen) atoms. The van der Waals surface area contributed by atoms with E-state index in [1.165, 1.54) is 10.9 Å². The Morgan fingerprint density at radius 2 is 2.11 bits per heavy atom. The zero-order valence-corrected chi connectivity index (χ0v) is 9.48. The normalized spacial score (nSPS) is 11.1. The highest BCUT2D eigenvalue weighted by atomic mass is 32.1. The van der Waals surface area contributed by atoms with Gasteiger partial charge in [0.2, 0.25) is 4.77 Å². The maximum absolute atomic E-state index is 11.5. The van der Waals surface area contributed by atoms with Crippen molar-refractivity contribution in [1.29, 1.82) is 0 Å². The lowest BCUT2D eigenvalue weighted by atomic mass is 10.4. The van der Waals surface area contributed by atoms with Crippen molar-refractivity contribution in [2.45, 2.75) is 0 Å². The number of nitrogens with one attached hydrogen (secondary N) is 3. The van der Waals surface area contributed by atoms with Crippen LogP contribution >= 0.6 is 12.2 Å². The lowest BCUT2D eigenvalue weighted by Crippen LogP contribution is -2.21. The molecule has 5 N–H and O–H groups in total. The van der Waals surface area contributed by atoms with Crippen molar-refractivity contribution in [2.75, 3.05) is 5.84 Å². The Balaban J connectivity index is 2.36. The van der Waals surface area contributed by atoms with Crippen molar-refractivity contribution in [3.8, 4) is 5.95 Å². The Morgan fingerprint density at radius 1 is 1.33 bits per heavy atom. The van der Waals surface area contributed by atoms with Gasteiger partial charge in [-0.2, -0.15) is 4.68 Å². The summed E-state index contributed by atoms with van der Waals surface area (Å²) in [5.74, 6) is 5.82. The Bertz CT molecular complexity index is 908. The fourth-order valence-electron chi connectivity index (χ4n) is 1.50. The maximum Gasteiger partial charge on any atom is 0.327 e. The van der Waals surface area contributed by atoms with E-state index in [2.05, 4.69) is 25.3 Å². The number of H-pyrrole nitrogens is 3. The van der Waals surface area contributed by atoms with E-state index in [-0.39, 0.29) is 21.8 Å². The van der Waals surface area contributed by atoms with Crippen LogP contribution in [0.4, 0.5) is 0 Å². The van der Waals surface area contributed by atoms with E-state index < -0.39 is 11.2 Å². The molecule has 0 aromatic carbocycles. The number of rotatable bonds is 1. The zero-order chi connectivity index (χ0) is 12.9. The Hall–Kier alpha value is -2.69. The summed E-state index contributed by atoms with van der Waals surface area (Å²) < 4.78 is 2.53. The number of nitrogen functional groups attached to an aromatic ring is 1. The molecule has 0 aliphatic rings. The molecule has 0 saturated carbocycles. The summed E-state index contributed by atoms with van der Waals surface area (Å²) in [4.78, 5) is 27.1. The molecule has 3 rings (SSSR count). The Morgan fingerprint density at radius 3 is 2.78 bits per heavy atom. The Kier molecular flexibility index (Phi) is 1.98. The van der Waals surface area contributed by atoms with E-state index in [1.807, 2.05) is 0 Å². The van der Waals surface area contributed by atoms with E-state index >= 15 is 0 Å². The van der Waals surface area contributed by atoms with E-state index in [9.17, 15) is 9.59 Å². The molecule has 0 aliphatic heterocycles. The van der Waals surface area contributed by atoms with Gasteiger partial charge in [-0.1, -0.05) is 0 Å². The highest BCUT2D eigenvalue weighted by molar-refractivity contribution is 7.71. The molecule has 0 unspecified atom stereocenters. The topological polar surface area (TPSA) is 143 Å². The van der Waals surface area contributed by atoms with Gasteiger partial charge < -0.3 is 5.84 Å². The standard InChI is InChI=1S/C7H6N8O2S/c8-15-6(11-12-7(15)18)14-1-2-3(13-14)9-5(17)10-4(2)16/h1H,8H2,(H,12,18)(H2,9,10,13,16,17). The molecule has 10 nitrogen and oxygen atoms in total. The molecule has 0 bridgehead atoms. The number of hydrogen-bond donors (Lipinski definition) is 4. The molecule has 0 atom stereocenters.